The maximum atomic E-state index is 12.1. The summed E-state index contributed by atoms with van der Waals surface area (Å²) in [5.74, 6) is -1.56. The average Bonchev–Trinajstić information content (AvgIpc) is 3.10. The lowest BCUT2D eigenvalue weighted by Gasteiger charge is -2.47. The minimum Gasteiger partial charge on any atom is -0.394 e. The van der Waals surface area contributed by atoms with E-state index in [1.165, 1.54) is 6.92 Å². The van der Waals surface area contributed by atoms with Gasteiger partial charge in [0, 0.05) is 13.8 Å². The van der Waals surface area contributed by atoms with Gasteiger partial charge in [0.2, 0.25) is 11.8 Å². The zero-order valence-corrected chi connectivity index (χ0v) is 29.9. The van der Waals surface area contributed by atoms with Crippen molar-refractivity contribution in [2.45, 2.75) is 137 Å². The van der Waals surface area contributed by atoms with Crippen LogP contribution in [0.3, 0.4) is 0 Å². The number of amides is 2. The molecule has 14 N–H and O–H groups in total. The summed E-state index contributed by atoms with van der Waals surface area (Å²) in [5.41, 5.74) is 0. The van der Waals surface area contributed by atoms with Gasteiger partial charge >= 0.3 is 10.4 Å². The molecular formula is C28H50N2O23S. The first-order chi connectivity index (χ1) is 25.1. The summed E-state index contributed by atoms with van der Waals surface area (Å²) in [6.07, 6.45) is -31.4. The Morgan fingerprint density at radius 2 is 1.39 bits per heavy atom. The van der Waals surface area contributed by atoms with Crippen LogP contribution in [0.1, 0.15) is 20.8 Å². The Bertz CT molecular complexity index is 1320. The second kappa shape index (κ2) is 20.0. The van der Waals surface area contributed by atoms with Crippen molar-refractivity contribution in [2.24, 2.45) is 0 Å². The molecule has 54 heavy (non-hydrogen) atoms. The zero-order chi connectivity index (χ0) is 40.8. The molecule has 0 unspecified atom stereocenters. The summed E-state index contributed by atoms with van der Waals surface area (Å²) < 4.78 is 68.6. The molecule has 25 nitrogen and oxygen atoms in total. The van der Waals surface area contributed by atoms with E-state index in [4.69, 9.17) is 33.0 Å². The largest absolute Gasteiger partial charge is 0.397 e. The van der Waals surface area contributed by atoms with Crippen molar-refractivity contribution >= 4 is 22.2 Å². The second-order valence-electron chi connectivity index (χ2n) is 12.9. The van der Waals surface area contributed by atoms with Gasteiger partial charge in [-0.3, -0.25) is 14.1 Å². The molecule has 19 atom stereocenters. The van der Waals surface area contributed by atoms with E-state index < -0.39 is 165 Å². The first-order valence-corrected chi connectivity index (χ1v) is 17.9. The molecule has 0 radical (unpaired) electrons. The average molecular weight is 815 g/mol. The fourth-order valence-electron chi connectivity index (χ4n) is 5.92. The zero-order valence-electron chi connectivity index (χ0n) is 29.1. The van der Waals surface area contributed by atoms with Crippen LogP contribution in [0.4, 0.5) is 0 Å². The Morgan fingerprint density at radius 3 is 1.94 bits per heavy atom. The predicted molar refractivity (Wildman–Crippen MR) is 168 cm³/mol. The quantitative estimate of drug-likeness (QED) is 0.0606. The Balaban J connectivity index is 1.89. The predicted octanol–water partition coefficient (Wildman–Crippen LogP) is -8.97. The van der Waals surface area contributed by atoms with Gasteiger partial charge < -0.3 is 95.2 Å². The number of hydrogen-bond acceptors (Lipinski definition) is 22. The first-order valence-electron chi connectivity index (χ1n) is 16.5. The van der Waals surface area contributed by atoms with Crippen molar-refractivity contribution in [3.63, 3.8) is 0 Å². The first kappa shape index (κ1) is 46.5. The van der Waals surface area contributed by atoms with Gasteiger partial charge in [-0.1, -0.05) is 0 Å². The Hall–Kier alpha value is -1.87. The number of nitrogens with one attached hydrogen (secondary N) is 2. The van der Waals surface area contributed by atoms with Crippen molar-refractivity contribution in [2.75, 3.05) is 26.4 Å². The molecule has 0 aromatic heterocycles. The molecule has 3 saturated heterocycles. The highest BCUT2D eigenvalue weighted by Gasteiger charge is 2.52. The van der Waals surface area contributed by atoms with E-state index in [2.05, 4.69) is 14.8 Å². The third-order valence-corrected chi connectivity index (χ3v) is 9.25. The normalized spacial score (nSPS) is 39.9. The van der Waals surface area contributed by atoms with Crippen molar-refractivity contribution in [3.8, 4) is 0 Å². The fraction of sp³-hybridized carbons (Fsp3) is 0.929. The van der Waals surface area contributed by atoms with E-state index in [0.717, 1.165) is 13.8 Å². The summed E-state index contributed by atoms with van der Waals surface area (Å²) in [6, 6.07) is -3.20. The molecule has 3 heterocycles. The maximum absolute atomic E-state index is 12.1. The van der Waals surface area contributed by atoms with Gasteiger partial charge in [0.15, 0.2) is 18.9 Å². The van der Waals surface area contributed by atoms with Crippen LogP contribution in [-0.2, 0) is 52.6 Å². The van der Waals surface area contributed by atoms with E-state index in [-0.39, 0.29) is 0 Å². The highest BCUT2D eigenvalue weighted by atomic mass is 32.3. The van der Waals surface area contributed by atoms with Crippen LogP contribution in [0.2, 0.25) is 0 Å². The Morgan fingerprint density at radius 1 is 0.778 bits per heavy atom. The fourth-order valence-corrected chi connectivity index (χ4v) is 6.22. The summed E-state index contributed by atoms with van der Waals surface area (Å²) >= 11 is 0. The SMILES string of the molecule is CC(=O)N[C@H]1[C@H](OC[C@@H](O)[C@H](O)[C@H](O[C@@H]2O[C@H](CO)[C@H](O)[C@H](O)[C@H]2O[C@@H]2O[C@@H](C)[C@@H](O)[C@@H](O)[C@@H]2O)[C@H](CO)NC(C)=O)O[C@H](COS(=O)(=O)O)[C@@H](O)[C@@H]1O. The van der Waals surface area contributed by atoms with Crippen LogP contribution in [0, 0.1) is 0 Å². The number of rotatable bonds is 17. The van der Waals surface area contributed by atoms with Crippen molar-refractivity contribution < 1.29 is 111 Å². The van der Waals surface area contributed by atoms with E-state index in [0.29, 0.717) is 0 Å². The van der Waals surface area contributed by atoms with E-state index >= 15 is 0 Å². The third-order valence-electron chi connectivity index (χ3n) is 8.81. The van der Waals surface area contributed by atoms with Crippen LogP contribution >= 0.6 is 0 Å². The van der Waals surface area contributed by atoms with Crippen LogP contribution in [0.5, 0.6) is 0 Å². The van der Waals surface area contributed by atoms with Crippen molar-refractivity contribution in [3.05, 3.63) is 0 Å². The molecule has 0 saturated carbocycles. The topological polar surface area (TPSA) is 400 Å². The number of hydrogen-bond donors (Lipinski definition) is 14. The molecular weight excluding hydrogens is 764 g/mol. The van der Waals surface area contributed by atoms with Gasteiger partial charge in [-0.05, 0) is 6.92 Å². The Kier molecular flexibility index (Phi) is 17.2. The lowest BCUT2D eigenvalue weighted by Crippen LogP contribution is -2.66. The van der Waals surface area contributed by atoms with Gasteiger partial charge in [0.05, 0.1) is 38.6 Å². The molecule has 0 aromatic carbocycles. The number of aliphatic hydroxyl groups excluding tert-OH is 11. The smallest absolute Gasteiger partial charge is 0.394 e. The molecule has 3 aliphatic rings. The van der Waals surface area contributed by atoms with Gasteiger partial charge in [-0.15, -0.1) is 0 Å². The molecule has 316 valence electrons. The minimum absolute atomic E-state index is 0.768. The summed E-state index contributed by atoms with van der Waals surface area (Å²) in [7, 11) is -5.05. The number of carbonyl (C=O) groups is 2. The van der Waals surface area contributed by atoms with Crippen LogP contribution in [0.15, 0.2) is 0 Å². The number of carbonyl (C=O) groups excluding carboxylic acids is 2. The molecule has 2 amide bonds. The molecule has 3 rings (SSSR count). The molecule has 26 heteroatoms. The second-order valence-corrected chi connectivity index (χ2v) is 14.0. The van der Waals surface area contributed by atoms with E-state index in [9.17, 15) is 74.2 Å². The molecule has 0 aliphatic carbocycles. The highest BCUT2D eigenvalue weighted by molar-refractivity contribution is 7.80. The van der Waals surface area contributed by atoms with E-state index in [1.54, 1.807) is 0 Å². The minimum atomic E-state index is -5.05. The monoisotopic (exact) mass is 814 g/mol. The van der Waals surface area contributed by atoms with Gasteiger partial charge in [-0.2, -0.15) is 8.42 Å². The summed E-state index contributed by atoms with van der Waals surface area (Å²) in [4.78, 5) is 23.9. The molecule has 3 fully saturated rings. The lowest BCUT2D eigenvalue weighted by atomic mass is 9.96. The van der Waals surface area contributed by atoms with Gasteiger partial charge in [0.1, 0.15) is 85.4 Å². The van der Waals surface area contributed by atoms with Crippen LogP contribution in [0.25, 0.3) is 0 Å². The third kappa shape index (κ3) is 11.8. The molecule has 0 spiro atoms. The van der Waals surface area contributed by atoms with Crippen LogP contribution < -0.4 is 10.6 Å². The summed E-state index contributed by atoms with van der Waals surface area (Å²) in [5, 5.41) is 120. The molecule has 0 bridgehead atoms. The number of ether oxygens (including phenoxy) is 6. The van der Waals surface area contributed by atoms with Crippen molar-refractivity contribution in [1.29, 1.82) is 0 Å². The lowest BCUT2D eigenvalue weighted by molar-refractivity contribution is -0.373. The molecule has 3 aliphatic heterocycles. The standard InChI is InChI=1S/C28H50N2O23S/c1-8-16(36)21(41)23(43)27(49-8)53-25-22(42)18(38)13(5-32)50-28(25)52-24(11(4-31)29-9(2)33)17(37)12(35)6-47-26-15(30-10(3)34)20(40)19(39)14(51-26)7-48-54(44,45)46/h8,11-28,31-32,35-43H,4-7H2,1-3H3,(H,29,33)(H,30,34)(H,44,45,46)/t8-,11-,12+,13+,14+,15+,16+,17-,18-,19+,20+,21+,22-,23-,24+,25+,26+,27-,28-/m0/s1. The number of aliphatic hydroxyl groups is 11. The van der Waals surface area contributed by atoms with Gasteiger partial charge in [0.25, 0.3) is 0 Å². The van der Waals surface area contributed by atoms with E-state index in [1.807, 2.05) is 0 Å². The van der Waals surface area contributed by atoms with Crippen molar-refractivity contribution in [1.82, 2.24) is 10.6 Å². The van der Waals surface area contributed by atoms with Crippen LogP contribution in [-0.4, -0.2) is 224 Å². The Labute approximate surface area is 307 Å². The highest BCUT2D eigenvalue weighted by Crippen LogP contribution is 2.31. The molecule has 0 aromatic rings. The summed E-state index contributed by atoms with van der Waals surface area (Å²) in [6.45, 7) is -0.621. The van der Waals surface area contributed by atoms with Gasteiger partial charge in [-0.25, -0.2) is 4.18 Å². The maximum Gasteiger partial charge on any atom is 0.397 e.